The van der Waals surface area contributed by atoms with E-state index in [1.165, 1.54) is 16.3 Å². The van der Waals surface area contributed by atoms with Crippen molar-refractivity contribution in [1.82, 2.24) is 10.2 Å². The maximum atomic E-state index is 12.8. The first-order valence-electron chi connectivity index (χ1n) is 9.70. The number of hydrogen-bond donors (Lipinski definition) is 2. The minimum absolute atomic E-state index is 0.259. The highest BCUT2D eigenvalue weighted by Crippen LogP contribution is 2.20. The summed E-state index contributed by atoms with van der Waals surface area (Å²) in [6.07, 6.45) is 2.57. The number of amides is 1. The zero-order valence-corrected chi connectivity index (χ0v) is 16.7. The predicted octanol–water partition coefficient (Wildman–Crippen LogP) is 3.92. The maximum Gasteiger partial charge on any atom is 0.222 e. The molecule has 0 saturated carbocycles. The van der Waals surface area contributed by atoms with Crippen LogP contribution in [0, 0.1) is 5.92 Å². The van der Waals surface area contributed by atoms with E-state index in [0.29, 0.717) is 23.6 Å². The number of nitrogens with one attached hydrogen (secondary N) is 1. The van der Waals surface area contributed by atoms with E-state index in [1.54, 1.807) is 0 Å². The lowest BCUT2D eigenvalue weighted by molar-refractivity contribution is -0.132. The molecule has 1 N–H and O–H groups in total. The molecular formula is C22H30N2OS. The number of fused-ring (bicyclic) bond motifs is 1. The summed E-state index contributed by atoms with van der Waals surface area (Å²) in [5.41, 5.74) is 1.31. The number of nitrogens with zero attached hydrogens (tertiary/aromatic N) is 1. The molecule has 4 heteroatoms. The van der Waals surface area contributed by atoms with Gasteiger partial charge in [-0.25, -0.2) is 0 Å². The molecule has 1 aliphatic rings. The van der Waals surface area contributed by atoms with Crippen LogP contribution in [0.5, 0.6) is 0 Å². The summed E-state index contributed by atoms with van der Waals surface area (Å²) in [7, 11) is 0. The van der Waals surface area contributed by atoms with E-state index in [9.17, 15) is 4.79 Å². The van der Waals surface area contributed by atoms with Crippen LogP contribution in [0.3, 0.4) is 0 Å². The van der Waals surface area contributed by atoms with Crippen molar-refractivity contribution in [2.24, 2.45) is 5.92 Å². The van der Waals surface area contributed by atoms with Gasteiger partial charge >= 0.3 is 0 Å². The molecular weight excluding hydrogens is 340 g/mol. The van der Waals surface area contributed by atoms with Crippen molar-refractivity contribution in [3.8, 4) is 0 Å². The van der Waals surface area contributed by atoms with E-state index in [-0.39, 0.29) is 5.91 Å². The van der Waals surface area contributed by atoms with Gasteiger partial charge < -0.3 is 10.2 Å². The van der Waals surface area contributed by atoms with E-state index in [0.717, 1.165) is 32.5 Å². The summed E-state index contributed by atoms with van der Waals surface area (Å²) in [5, 5.41) is 6.39. The van der Waals surface area contributed by atoms with Crippen LogP contribution in [0.2, 0.25) is 0 Å². The minimum atomic E-state index is 0.259. The molecule has 2 atom stereocenters. The van der Waals surface area contributed by atoms with Gasteiger partial charge in [0.2, 0.25) is 5.91 Å². The number of carbonyl (C=O) groups excluding carboxylic acids is 1. The van der Waals surface area contributed by atoms with Crippen molar-refractivity contribution in [2.45, 2.75) is 44.4 Å². The van der Waals surface area contributed by atoms with Gasteiger partial charge in [0, 0.05) is 30.8 Å². The summed E-state index contributed by atoms with van der Waals surface area (Å²) in [4.78, 5) is 14.9. The Bertz CT molecular complexity index is 741. The van der Waals surface area contributed by atoms with Gasteiger partial charge in [0.15, 0.2) is 0 Å². The van der Waals surface area contributed by atoms with E-state index in [4.69, 9.17) is 0 Å². The SMILES string of the molecule is CC(C)CC(=O)N(CCc1cccc2ccccc12)C[C@@H]1NCC[C@@H]1S. The van der Waals surface area contributed by atoms with Crippen LogP contribution in [0.4, 0.5) is 0 Å². The lowest BCUT2D eigenvalue weighted by Crippen LogP contribution is -2.45. The van der Waals surface area contributed by atoms with Crippen LogP contribution >= 0.6 is 12.6 Å². The van der Waals surface area contributed by atoms with Gasteiger partial charge in [-0.3, -0.25) is 4.79 Å². The van der Waals surface area contributed by atoms with Gasteiger partial charge in [0.05, 0.1) is 0 Å². The smallest absolute Gasteiger partial charge is 0.222 e. The highest BCUT2D eigenvalue weighted by atomic mass is 32.1. The van der Waals surface area contributed by atoms with E-state index < -0.39 is 0 Å². The molecule has 1 fully saturated rings. The fourth-order valence-corrected chi connectivity index (χ4v) is 4.07. The molecule has 0 spiro atoms. The Labute approximate surface area is 162 Å². The van der Waals surface area contributed by atoms with Crippen LogP contribution in [-0.2, 0) is 11.2 Å². The van der Waals surface area contributed by atoms with Crippen LogP contribution in [0.25, 0.3) is 10.8 Å². The van der Waals surface area contributed by atoms with Gasteiger partial charge in [-0.1, -0.05) is 56.3 Å². The number of benzene rings is 2. The Morgan fingerprint density at radius 1 is 1.23 bits per heavy atom. The van der Waals surface area contributed by atoms with Crippen LogP contribution in [0.1, 0.15) is 32.3 Å². The first-order valence-corrected chi connectivity index (χ1v) is 10.2. The van der Waals surface area contributed by atoms with E-state index >= 15 is 0 Å². The lowest BCUT2D eigenvalue weighted by Gasteiger charge is -2.28. The van der Waals surface area contributed by atoms with Gasteiger partial charge in [0.1, 0.15) is 0 Å². The van der Waals surface area contributed by atoms with Gasteiger partial charge in [0.25, 0.3) is 0 Å². The third-order valence-electron chi connectivity index (χ3n) is 5.19. The van der Waals surface area contributed by atoms with Gasteiger partial charge in [-0.15, -0.1) is 0 Å². The highest BCUT2D eigenvalue weighted by Gasteiger charge is 2.27. The van der Waals surface area contributed by atoms with Crippen LogP contribution < -0.4 is 5.32 Å². The van der Waals surface area contributed by atoms with Gasteiger partial charge in [-0.05, 0) is 41.6 Å². The van der Waals surface area contributed by atoms with E-state index in [1.807, 2.05) is 4.90 Å². The van der Waals surface area contributed by atoms with E-state index in [2.05, 4.69) is 74.3 Å². The molecule has 0 aromatic heterocycles. The summed E-state index contributed by atoms with van der Waals surface area (Å²) >= 11 is 4.69. The second kappa shape index (κ2) is 8.92. The van der Waals surface area contributed by atoms with Crippen molar-refractivity contribution in [3.63, 3.8) is 0 Å². The number of thiol groups is 1. The zero-order valence-electron chi connectivity index (χ0n) is 15.8. The van der Waals surface area contributed by atoms with Crippen LogP contribution in [-0.4, -0.2) is 41.7 Å². The van der Waals surface area contributed by atoms with Crippen molar-refractivity contribution in [2.75, 3.05) is 19.6 Å². The molecule has 0 aliphatic carbocycles. The molecule has 3 nitrogen and oxygen atoms in total. The predicted molar refractivity (Wildman–Crippen MR) is 113 cm³/mol. The molecule has 0 bridgehead atoms. The Balaban J connectivity index is 1.72. The topological polar surface area (TPSA) is 32.3 Å². The first kappa shape index (κ1) is 19.2. The second-order valence-electron chi connectivity index (χ2n) is 7.74. The van der Waals surface area contributed by atoms with Gasteiger partial charge in [-0.2, -0.15) is 12.6 Å². The van der Waals surface area contributed by atoms with Crippen molar-refractivity contribution >= 4 is 29.3 Å². The van der Waals surface area contributed by atoms with Crippen molar-refractivity contribution < 1.29 is 4.79 Å². The largest absolute Gasteiger partial charge is 0.341 e. The normalized spacial score (nSPS) is 20.0. The zero-order chi connectivity index (χ0) is 18.5. The third kappa shape index (κ3) is 4.80. The summed E-state index contributed by atoms with van der Waals surface area (Å²) < 4.78 is 0. The Hall–Kier alpha value is -1.52. The fraction of sp³-hybridized carbons (Fsp3) is 0.500. The molecule has 26 heavy (non-hydrogen) atoms. The number of rotatable bonds is 7. The number of hydrogen-bond acceptors (Lipinski definition) is 3. The molecule has 2 aromatic carbocycles. The molecule has 1 amide bonds. The van der Waals surface area contributed by atoms with Crippen molar-refractivity contribution in [3.05, 3.63) is 48.0 Å². The molecule has 1 heterocycles. The molecule has 0 radical (unpaired) electrons. The second-order valence-corrected chi connectivity index (χ2v) is 8.41. The standard InChI is InChI=1S/C22H30N2OS/c1-16(2)14-22(25)24(15-20-21(26)10-12-23-20)13-11-18-8-5-7-17-6-3-4-9-19(17)18/h3-9,16,20-21,23,26H,10-15H2,1-2H3/t20-,21-/m0/s1. The summed E-state index contributed by atoms with van der Waals surface area (Å²) in [6.45, 7) is 6.73. The molecule has 1 saturated heterocycles. The maximum absolute atomic E-state index is 12.8. The highest BCUT2D eigenvalue weighted by molar-refractivity contribution is 7.81. The first-order chi connectivity index (χ1) is 12.5. The average Bonchev–Trinajstić information content (AvgIpc) is 3.02. The van der Waals surface area contributed by atoms with Crippen molar-refractivity contribution in [1.29, 1.82) is 0 Å². The Morgan fingerprint density at radius 2 is 2.00 bits per heavy atom. The lowest BCUT2D eigenvalue weighted by atomic mass is 10.0. The monoisotopic (exact) mass is 370 g/mol. The molecule has 3 rings (SSSR count). The summed E-state index contributed by atoms with van der Waals surface area (Å²) in [5.74, 6) is 0.639. The van der Waals surface area contributed by atoms with Crippen LogP contribution in [0.15, 0.2) is 42.5 Å². The minimum Gasteiger partial charge on any atom is -0.341 e. The summed E-state index contributed by atoms with van der Waals surface area (Å²) in [6, 6.07) is 15.2. The third-order valence-corrected chi connectivity index (χ3v) is 5.81. The number of carbonyl (C=O) groups is 1. The Morgan fingerprint density at radius 3 is 2.73 bits per heavy atom. The fourth-order valence-electron chi connectivity index (χ4n) is 3.74. The molecule has 1 aliphatic heterocycles. The Kier molecular flexibility index (Phi) is 6.60. The molecule has 140 valence electrons. The molecule has 2 aromatic rings. The quantitative estimate of drug-likeness (QED) is 0.724. The average molecular weight is 371 g/mol. The molecule has 0 unspecified atom stereocenters.